The molecule has 0 spiro atoms. The van der Waals surface area contributed by atoms with Crippen molar-refractivity contribution < 1.29 is 17.9 Å². The van der Waals surface area contributed by atoms with Gasteiger partial charge in [0.15, 0.2) is 9.84 Å². The normalized spacial score (nSPS) is 11.7. The van der Waals surface area contributed by atoms with E-state index in [9.17, 15) is 8.42 Å². The van der Waals surface area contributed by atoms with E-state index in [-0.39, 0.29) is 10.6 Å². The van der Waals surface area contributed by atoms with Crippen LogP contribution in [0.15, 0.2) is 23.1 Å². The van der Waals surface area contributed by atoms with Crippen molar-refractivity contribution in [3.63, 3.8) is 0 Å². The first kappa shape index (κ1) is 15.9. The summed E-state index contributed by atoms with van der Waals surface area (Å²) in [7, 11) is -1.75. The molecule has 1 rings (SSSR count). The maximum atomic E-state index is 12.1. The molecule has 0 saturated heterocycles. The zero-order chi connectivity index (χ0) is 14.3. The summed E-state index contributed by atoms with van der Waals surface area (Å²) in [6.07, 6.45) is 0.444. The minimum atomic E-state index is -3.34. The second-order valence-corrected chi connectivity index (χ2v) is 6.40. The quantitative estimate of drug-likeness (QED) is 0.577. The van der Waals surface area contributed by atoms with Gasteiger partial charge >= 0.3 is 0 Å². The van der Waals surface area contributed by atoms with Gasteiger partial charge in [0.1, 0.15) is 0 Å². The number of nitrogen functional groups attached to an aromatic ring is 1. The second-order valence-electron chi connectivity index (χ2n) is 4.32. The van der Waals surface area contributed by atoms with Crippen LogP contribution in [0.1, 0.15) is 12.0 Å². The highest BCUT2D eigenvalue weighted by atomic mass is 32.2. The lowest BCUT2D eigenvalue weighted by Gasteiger charge is -2.08. The van der Waals surface area contributed by atoms with Crippen molar-refractivity contribution in [1.29, 1.82) is 0 Å². The molecule has 0 radical (unpaired) electrons. The summed E-state index contributed by atoms with van der Waals surface area (Å²) < 4.78 is 34.3. The average Bonchev–Trinajstić information content (AvgIpc) is 2.36. The molecule has 108 valence electrons. The summed E-state index contributed by atoms with van der Waals surface area (Å²) in [4.78, 5) is 0.212. The van der Waals surface area contributed by atoms with Gasteiger partial charge in [0.2, 0.25) is 0 Å². The Morgan fingerprint density at radius 3 is 2.63 bits per heavy atom. The predicted molar refractivity (Wildman–Crippen MR) is 75.0 cm³/mol. The number of rotatable bonds is 8. The molecule has 0 atom stereocenters. The summed E-state index contributed by atoms with van der Waals surface area (Å²) in [6, 6.07) is 5.02. The number of sulfone groups is 1. The zero-order valence-corrected chi connectivity index (χ0v) is 12.2. The number of methoxy groups -OCH3 is 1. The van der Waals surface area contributed by atoms with E-state index in [0.717, 1.165) is 5.56 Å². The molecule has 0 aliphatic rings. The van der Waals surface area contributed by atoms with Crippen LogP contribution in [0.5, 0.6) is 0 Å². The Morgan fingerprint density at radius 1 is 1.21 bits per heavy atom. The van der Waals surface area contributed by atoms with Crippen LogP contribution >= 0.6 is 0 Å². The van der Waals surface area contributed by atoms with E-state index in [4.69, 9.17) is 15.2 Å². The van der Waals surface area contributed by atoms with E-state index in [0.29, 0.717) is 31.9 Å². The largest absolute Gasteiger partial charge is 0.398 e. The molecule has 0 aliphatic heterocycles. The van der Waals surface area contributed by atoms with Crippen molar-refractivity contribution in [3.05, 3.63) is 23.8 Å². The summed E-state index contributed by atoms with van der Waals surface area (Å²) in [5.74, 6) is 0.0354. The first-order chi connectivity index (χ1) is 8.97. The maximum absolute atomic E-state index is 12.1. The smallest absolute Gasteiger partial charge is 0.180 e. The first-order valence-corrected chi connectivity index (χ1v) is 7.78. The van der Waals surface area contributed by atoms with Crippen LogP contribution in [0.25, 0.3) is 0 Å². The molecule has 1 aromatic rings. The highest BCUT2D eigenvalue weighted by Gasteiger charge is 2.17. The first-order valence-electron chi connectivity index (χ1n) is 6.13. The Bertz CT molecular complexity index is 499. The summed E-state index contributed by atoms with van der Waals surface area (Å²) in [5, 5.41) is 0. The van der Waals surface area contributed by atoms with Gasteiger partial charge in [-0.05, 0) is 31.0 Å². The SMILES string of the molecule is COCCOCCCS(=O)(=O)c1cc(C)ccc1N. The number of ether oxygens (including phenoxy) is 2. The Balaban J connectivity index is 2.54. The second kappa shape index (κ2) is 7.47. The molecular weight excluding hydrogens is 266 g/mol. The number of anilines is 1. The predicted octanol–water partition coefficient (Wildman–Crippen LogP) is 1.40. The maximum Gasteiger partial charge on any atom is 0.180 e. The summed E-state index contributed by atoms with van der Waals surface area (Å²) >= 11 is 0. The molecule has 5 nitrogen and oxygen atoms in total. The van der Waals surface area contributed by atoms with E-state index >= 15 is 0 Å². The summed E-state index contributed by atoms with van der Waals surface area (Å²) in [6.45, 7) is 3.22. The lowest BCUT2D eigenvalue weighted by atomic mass is 10.2. The third-order valence-electron chi connectivity index (χ3n) is 2.64. The van der Waals surface area contributed by atoms with Crippen molar-refractivity contribution in [2.24, 2.45) is 0 Å². The fraction of sp³-hybridized carbons (Fsp3) is 0.538. The highest BCUT2D eigenvalue weighted by molar-refractivity contribution is 7.91. The number of hydrogen-bond donors (Lipinski definition) is 1. The zero-order valence-electron chi connectivity index (χ0n) is 11.4. The molecular formula is C13H21NO4S. The fourth-order valence-electron chi connectivity index (χ4n) is 1.62. The van der Waals surface area contributed by atoms with Gasteiger partial charge in [-0.1, -0.05) is 6.07 Å². The molecule has 1 aromatic carbocycles. The van der Waals surface area contributed by atoms with E-state index < -0.39 is 9.84 Å². The third kappa shape index (κ3) is 5.18. The fourth-order valence-corrected chi connectivity index (χ4v) is 3.13. The Labute approximate surface area is 114 Å². The molecule has 0 heterocycles. The topological polar surface area (TPSA) is 78.6 Å². The van der Waals surface area contributed by atoms with Crippen LogP contribution in [-0.4, -0.2) is 41.1 Å². The van der Waals surface area contributed by atoms with Crippen LogP contribution in [0.4, 0.5) is 5.69 Å². The van der Waals surface area contributed by atoms with Gasteiger partial charge in [-0.15, -0.1) is 0 Å². The van der Waals surface area contributed by atoms with Gasteiger partial charge < -0.3 is 15.2 Å². The van der Waals surface area contributed by atoms with Gasteiger partial charge in [-0.25, -0.2) is 8.42 Å². The number of nitrogens with two attached hydrogens (primary N) is 1. The van der Waals surface area contributed by atoms with Gasteiger partial charge in [0, 0.05) is 13.7 Å². The molecule has 0 saturated carbocycles. The molecule has 0 bridgehead atoms. The van der Waals surface area contributed by atoms with Gasteiger partial charge in [0.25, 0.3) is 0 Å². The average molecular weight is 287 g/mol. The number of benzene rings is 1. The van der Waals surface area contributed by atoms with Crippen molar-refractivity contribution >= 4 is 15.5 Å². The van der Waals surface area contributed by atoms with E-state index in [1.807, 2.05) is 6.92 Å². The van der Waals surface area contributed by atoms with Crippen molar-refractivity contribution in [3.8, 4) is 0 Å². The monoisotopic (exact) mass is 287 g/mol. The standard InChI is InChI=1S/C13H21NO4S/c1-11-4-5-12(14)13(10-11)19(15,16)9-3-6-18-8-7-17-2/h4-5,10H,3,6-9,14H2,1-2H3. The van der Waals surface area contributed by atoms with E-state index in [2.05, 4.69) is 0 Å². The van der Waals surface area contributed by atoms with Gasteiger partial charge in [-0.2, -0.15) is 0 Å². The minimum Gasteiger partial charge on any atom is -0.398 e. The van der Waals surface area contributed by atoms with Crippen molar-refractivity contribution in [2.75, 3.05) is 38.4 Å². The third-order valence-corrected chi connectivity index (χ3v) is 4.49. The molecule has 0 aliphatic carbocycles. The Morgan fingerprint density at radius 2 is 1.95 bits per heavy atom. The minimum absolute atomic E-state index is 0.0354. The van der Waals surface area contributed by atoms with Crippen molar-refractivity contribution in [2.45, 2.75) is 18.2 Å². The molecule has 19 heavy (non-hydrogen) atoms. The molecule has 0 unspecified atom stereocenters. The van der Waals surface area contributed by atoms with Crippen LogP contribution in [-0.2, 0) is 19.3 Å². The number of hydrogen-bond acceptors (Lipinski definition) is 5. The lowest BCUT2D eigenvalue weighted by molar-refractivity contribution is 0.0712. The molecule has 0 amide bonds. The highest BCUT2D eigenvalue weighted by Crippen LogP contribution is 2.21. The van der Waals surface area contributed by atoms with Gasteiger partial charge in [0.05, 0.1) is 29.5 Å². The number of aryl methyl sites for hydroxylation is 1. The van der Waals surface area contributed by atoms with Crippen LogP contribution in [0, 0.1) is 6.92 Å². The molecule has 2 N–H and O–H groups in total. The summed E-state index contributed by atoms with van der Waals surface area (Å²) in [5.41, 5.74) is 6.89. The lowest BCUT2D eigenvalue weighted by Crippen LogP contribution is -2.12. The molecule has 0 aromatic heterocycles. The Kier molecular flexibility index (Phi) is 6.27. The van der Waals surface area contributed by atoms with Gasteiger partial charge in [-0.3, -0.25) is 0 Å². The van der Waals surface area contributed by atoms with Crippen LogP contribution in [0.2, 0.25) is 0 Å². The van der Waals surface area contributed by atoms with Crippen LogP contribution in [0.3, 0.4) is 0 Å². The molecule has 0 fully saturated rings. The Hall–Kier alpha value is -1.11. The van der Waals surface area contributed by atoms with E-state index in [1.54, 1.807) is 25.3 Å². The molecule has 6 heteroatoms. The van der Waals surface area contributed by atoms with E-state index in [1.165, 1.54) is 0 Å². The van der Waals surface area contributed by atoms with Crippen LogP contribution < -0.4 is 5.73 Å². The van der Waals surface area contributed by atoms with Crippen molar-refractivity contribution in [1.82, 2.24) is 0 Å².